The second-order valence-electron chi connectivity index (χ2n) is 9.66. The molecule has 0 bridgehead atoms. The molecule has 5 rings (SSSR count). The molecule has 2 aromatic heterocycles. The zero-order valence-electron chi connectivity index (χ0n) is 21.6. The number of hydrogen-bond donors (Lipinski definition) is 2. The molecule has 3 aromatic rings. The lowest BCUT2D eigenvalue weighted by Crippen LogP contribution is -2.53. The number of nitrogens with two attached hydrogens (primary N) is 1. The first kappa shape index (κ1) is 28.3. The summed E-state index contributed by atoms with van der Waals surface area (Å²) in [5, 5.41) is 7.79. The topological polar surface area (TPSA) is 143 Å². The van der Waals surface area contributed by atoms with E-state index in [1.165, 1.54) is 48.0 Å². The van der Waals surface area contributed by atoms with Crippen molar-refractivity contribution in [3.05, 3.63) is 89.3 Å². The van der Waals surface area contributed by atoms with Gasteiger partial charge in [0.2, 0.25) is 0 Å². The third kappa shape index (κ3) is 5.29. The molecule has 214 valence electrons. The molecule has 15 heteroatoms. The van der Waals surface area contributed by atoms with Crippen LogP contribution in [0.5, 0.6) is 0 Å². The van der Waals surface area contributed by atoms with Gasteiger partial charge in [-0.3, -0.25) is 9.78 Å². The Morgan fingerprint density at radius 1 is 1.24 bits per heavy atom. The monoisotopic (exact) mass is 588 g/mol. The summed E-state index contributed by atoms with van der Waals surface area (Å²) < 4.78 is 77.6. The van der Waals surface area contributed by atoms with Crippen LogP contribution in [-0.4, -0.2) is 53.1 Å². The predicted molar refractivity (Wildman–Crippen MR) is 141 cm³/mol. The number of benzene rings is 1. The number of nitrogens with zero attached hydrogens (tertiary/aromatic N) is 6. The van der Waals surface area contributed by atoms with E-state index in [0.717, 1.165) is 17.1 Å². The fourth-order valence-corrected chi connectivity index (χ4v) is 6.44. The molecule has 0 radical (unpaired) electrons. The highest BCUT2D eigenvalue weighted by atomic mass is 32.2. The predicted octanol–water partition coefficient (Wildman–Crippen LogP) is 4.21. The van der Waals surface area contributed by atoms with Gasteiger partial charge < -0.3 is 5.73 Å². The summed E-state index contributed by atoms with van der Waals surface area (Å²) in [7, 11) is -2.22. The lowest BCUT2D eigenvalue weighted by atomic mass is 9.64. The molecule has 10 nitrogen and oxygen atoms in total. The van der Waals surface area contributed by atoms with Gasteiger partial charge in [0.25, 0.3) is 0 Å². The largest absolute Gasteiger partial charge is 0.416 e. The molecule has 2 aliphatic rings. The number of carbonyl (C=O) groups excluding carboxylic acids is 1. The number of aliphatic imine (C=N–C) groups is 1. The molecule has 1 aliphatic heterocycles. The fraction of sp³-hybridized carbons (Fsp3) is 0.269. The molecule has 0 spiro atoms. The molecule has 1 aliphatic carbocycles. The zero-order valence-corrected chi connectivity index (χ0v) is 22.4. The Hall–Kier alpha value is -4.24. The number of piperidine rings is 1. The fourth-order valence-electron chi connectivity index (χ4n) is 5.00. The van der Waals surface area contributed by atoms with Crippen molar-refractivity contribution >= 4 is 27.1 Å². The minimum Gasteiger partial charge on any atom is -0.404 e. The van der Waals surface area contributed by atoms with Crippen molar-refractivity contribution in [2.24, 2.45) is 23.2 Å². The van der Waals surface area contributed by atoms with Crippen LogP contribution in [0, 0.1) is 16.0 Å². The summed E-state index contributed by atoms with van der Waals surface area (Å²) in [5.74, 6) is -1.19. The van der Waals surface area contributed by atoms with Crippen LogP contribution in [0.3, 0.4) is 0 Å². The van der Waals surface area contributed by atoms with E-state index < -0.39 is 44.4 Å². The molecule has 1 fully saturated rings. The smallest absolute Gasteiger partial charge is 0.404 e. The van der Waals surface area contributed by atoms with E-state index in [1.807, 2.05) is 0 Å². The molecule has 1 saturated heterocycles. The second kappa shape index (κ2) is 10.3. The number of rotatable bonds is 5. The average molecular weight is 589 g/mol. The number of carbonyl (C=O) groups is 1. The van der Waals surface area contributed by atoms with Crippen LogP contribution in [0.4, 0.5) is 23.2 Å². The van der Waals surface area contributed by atoms with Crippen molar-refractivity contribution in [3.63, 3.8) is 0 Å². The Morgan fingerprint density at radius 2 is 1.98 bits per heavy atom. The number of aryl methyl sites for hydroxylation is 1. The summed E-state index contributed by atoms with van der Waals surface area (Å²) in [6.45, 7) is -0.197. The van der Waals surface area contributed by atoms with Gasteiger partial charge in [0, 0.05) is 26.3 Å². The van der Waals surface area contributed by atoms with Gasteiger partial charge in [0.15, 0.2) is 20.7 Å². The quantitative estimate of drug-likeness (QED) is 0.338. The van der Waals surface area contributed by atoms with Crippen LogP contribution in [0.25, 0.3) is 0 Å². The van der Waals surface area contributed by atoms with Crippen molar-refractivity contribution < 1.29 is 26.6 Å². The molecule has 1 aromatic carbocycles. The van der Waals surface area contributed by atoms with Crippen molar-refractivity contribution in [2.75, 3.05) is 13.1 Å². The summed E-state index contributed by atoms with van der Waals surface area (Å²) in [4.78, 5) is 23.8. The number of pyridine rings is 1. The molecular formula is C26H24F4N8O2S. The first-order valence-corrected chi connectivity index (χ1v) is 13.8. The van der Waals surface area contributed by atoms with Crippen LogP contribution < -0.4 is 5.73 Å². The standard InChI is InChI=1S/C26H24F4N8O2S/c1-37-34-14-23(36-37)41(32,40)38-9-7-17-10-21(35-20-4-2-19(27)3-5-20)16(13-31)12-25(17,15-38)24(39)22-11-18(6-8-33-22)26(28,29)30/h2-6,8,10-11,13-14,32H,7,9,12,15,31H2,1H3/t25-,41?/m0/s1. The van der Waals surface area contributed by atoms with E-state index in [-0.39, 0.29) is 31.0 Å². The lowest BCUT2D eigenvalue weighted by molar-refractivity contribution is -0.137. The van der Waals surface area contributed by atoms with Crippen molar-refractivity contribution in [1.29, 1.82) is 4.78 Å². The molecule has 2 atom stereocenters. The molecule has 3 N–H and O–H groups in total. The summed E-state index contributed by atoms with van der Waals surface area (Å²) in [5.41, 5.74) is 4.63. The van der Waals surface area contributed by atoms with Gasteiger partial charge in [-0.2, -0.15) is 23.1 Å². The third-order valence-electron chi connectivity index (χ3n) is 7.08. The van der Waals surface area contributed by atoms with E-state index in [1.54, 1.807) is 6.08 Å². The highest BCUT2D eigenvalue weighted by Crippen LogP contribution is 2.48. The number of allylic oxidation sites excluding steroid dienone is 2. The number of alkyl halides is 3. The highest BCUT2D eigenvalue weighted by Gasteiger charge is 2.51. The van der Waals surface area contributed by atoms with Gasteiger partial charge in [-0.15, -0.1) is 5.10 Å². The van der Waals surface area contributed by atoms with Crippen LogP contribution in [0.1, 0.15) is 28.9 Å². The normalized spacial score (nSPS) is 23.2. The summed E-state index contributed by atoms with van der Waals surface area (Å²) in [6, 6.07) is 6.86. The van der Waals surface area contributed by atoms with Gasteiger partial charge in [-0.1, -0.05) is 5.57 Å². The Labute approximate surface area is 232 Å². The van der Waals surface area contributed by atoms with E-state index in [9.17, 15) is 26.6 Å². The summed E-state index contributed by atoms with van der Waals surface area (Å²) in [6.07, 6.45) is 0.293. The Morgan fingerprint density at radius 3 is 2.61 bits per heavy atom. The van der Waals surface area contributed by atoms with Gasteiger partial charge >= 0.3 is 6.18 Å². The van der Waals surface area contributed by atoms with Gasteiger partial charge in [-0.05, 0) is 67.1 Å². The first-order valence-electron chi connectivity index (χ1n) is 12.3. The average Bonchev–Trinajstić information content (AvgIpc) is 3.40. The van der Waals surface area contributed by atoms with Crippen molar-refractivity contribution in [1.82, 2.24) is 24.3 Å². The molecule has 3 heterocycles. The van der Waals surface area contributed by atoms with Gasteiger partial charge in [0.1, 0.15) is 11.5 Å². The molecule has 41 heavy (non-hydrogen) atoms. The molecule has 0 amide bonds. The minimum atomic E-state index is -4.71. The van der Waals surface area contributed by atoms with Crippen LogP contribution in [0.2, 0.25) is 0 Å². The van der Waals surface area contributed by atoms with E-state index in [2.05, 4.69) is 20.2 Å². The molecule has 1 unspecified atom stereocenters. The van der Waals surface area contributed by atoms with Crippen molar-refractivity contribution in [2.45, 2.75) is 24.0 Å². The van der Waals surface area contributed by atoms with E-state index in [4.69, 9.17) is 10.5 Å². The summed E-state index contributed by atoms with van der Waals surface area (Å²) >= 11 is 0. The van der Waals surface area contributed by atoms with Crippen LogP contribution in [0.15, 0.2) is 82.2 Å². The Bertz CT molecular complexity index is 1710. The number of Topliss-reactive ketones (excluding diaryl/α,β-unsaturated/α-hetero) is 1. The number of nitrogens with one attached hydrogen (secondary N) is 1. The lowest BCUT2D eigenvalue weighted by Gasteiger charge is -2.46. The number of halogens is 4. The Kier molecular flexibility index (Phi) is 7.11. The maximum Gasteiger partial charge on any atom is 0.416 e. The number of hydrogen-bond acceptors (Lipinski definition) is 8. The minimum absolute atomic E-state index is 0.0846. The maximum absolute atomic E-state index is 14.2. The SMILES string of the molecule is Cn1ncc(S(=N)(=O)N2CCC3=CC(=Nc4ccc(F)cc4)C(=CN)C[C@]3(C(=O)c3cc(C(F)(F)F)ccn3)C2)n1. The number of aromatic nitrogens is 4. The van der Waals surface area contributed by atoms with Crippen LogP contribution in [-0.2, 0) is 23.1 Å². The second-order valence-corrected chi connectivity index (χ2v) is 11.6. The molecular weight excluding hydrogens is 564 g/mol. The van der Waals surface area contributed by atoms with Crippen molar-refractivity contribution in [3.8, 4) is 0 Å². The highest BCUT2D eigenvalue weighted by molar-refractivity contribution is 7.90. The Balaban J connectivity index is 1.64. The number of fused-ring (bicyclic) bond motifs is 1. The zero-order chi connectivity index (χ0) is 29.6. The van der Waals surface area contributed by atoms with E-state index in [0.29, 0.717) is 28.6 Å². The maximum atomic E-state index is 14.2. The third-order valence-corrected chi connectivity index (χ3v) is 8.87. The van der Waals surface area contributed by atoms with Gasteiger partial charge in [0.05, 0.1) is 28.6 Å². The van der Waals surface area contributed by atoms with E-state index >= 15 is 0 Å². The first-order chi connectivity index (χ1) is 19.3. The number of ketones is 1. The molecule has 0 saturated carbocycles. The van der Waals surface area contributed by atoms with Crippen LogP contribution >= 0.6 is 0 Å². The van der Waals surface area contributed by atoms with Gasteiger partial charge in [-0.25, -0.2) is 22.7 Å².